The SMILES string of the molecule is Cl.OC(c1ccccc1)(c1ccccc1)C1CSCCN1. The van der Waals surface area contributed by atoms with E-state index in [9.17, 15) is 5.11 Å². The first-order valence-electron chi connectivity index (χ1n) is 6.96. The number of hydrogen-bond donors (Lipinski definition) is 2. The van der Waals surface area contributed by atoms with Crippen LogP contribution in [0.1, 0.15) is 11.1 Å². The van der Waals surface area contributed by atoms with Crippen molar-refractivity contribution in [1.29, 1.82) is 0 Å². The van der Waals surface area contributed by atoms with Gasteiger partial charge in [0.25, 0.3) is 0 Å². The van der Waals surface area contributed by atoms with Crippen LogP contribution in [-0.4, -0.2) is 29.2 Å². The largest absolute Gasteiger partial charge is 0.379 e. The van der Waals surface area contributed by atoms with Gasteiger partial charge in [0.2, 0.25) is 0 Å². The smallest absolute Gasteiger partial charge is 0.131 e. The summed E-state index contributed by atoms with van der Waals surface area (Å²) in [7, 11) is 0. The van der Waals surface area contributed by atoms with Crippen LogP contribution in [0, 0.1) is 0 Å². The Labute approximate surface area is 136 Å². The Morgan fingerprint density at radius 2 is 1.48 bits per heavy atom. The molecule has 0 bridgehead atoms. The minimum atomic E-state index is -0.976. The van der Waals surface area contributed by atoms with Crippen molar-refractivity contribution in [3.8, 4) is 0 Å². The number of nitrogens with one attached hydrogen (secondary N) is 1. The Bertz CT molecular complexity index is 504. The van der Waals surface area contributed by atoms with Crippen molar-refractivity contribution in [1.82, 2.24) is 5.32 Å². The lowest BCUT2D eigenvalue weighted by Crippen LogP contribution is -2.53. The molecule has 1 aliphatic heterocycles. The standard InChI is InChI=1S/C17H19NOS.ClH/c19-17(14-7-3-1-4-8-14,15-9-5-2-6-10-15)16-13-20-12-11-18-16;/h1-10,16,18-19H,11-13H2;1H. The third-order valence-corrected chi connectivity index (χ3v) is 4.92. The van der Waals surface area contributed by atoms with Crippen LogP contribution < -0.4 is 5.32 Å². The zero-order valence-corrected chi connectivity index (χ0v) is 13.4. The number of rotatable bonds is 3. The second-order valence-corrected chi connectivity index (χ2v) is 6.23. The van der Waals surface area contributed by atoms with Crippen molar-refractivity contribution in [2.45, 2.75) is 11.6 Å². The van der Waals surface area contributed by atoms with E-state index in [0.29, 0.717) is 0 Å². The Balaban J connectivity index is 0.00000161. The highest BCUT2D eigenvalue weighted by molar-refractivity contribution is 7.99. The summed E-state index contributed by atoms with van der Waals surface area (Å²) in [6.07, 6.45) is 0. The number of hydrogen-bond acceptors (Lipinski definition) is 3. The van der Waals surface area contributed by atoms with E-state index in [1.165, 1.54) is 0 Å². The van der Waals surface area contributed by atoms with Gasteiger partial charge in [0.15, 0.2) is 0 Å². The normalized spacial score (nSPS) is 18.8. The van der Waals surface area contributed by atoms with Crippen molar-refractivity contribution < 1.29 is 5.11 Å². The van der Waals surface area contributed by atoms with Crippen LogP contribution in [0.4, 0.5) is 0 Å². The molecule has 1 heterocycles. The summed E-state index contributed by atoms with van der Waals surface area (Å²) >= 11 is 1.90. The third-order valence-electron chi connectivity index (χ3n) is 3.85. The summed E-state index contributed by atoms with van der Waals surface area (Å²) in [5, 5.41) is 15.0. The lowest BCUT2D eigenvalue weighted by atomic mass is 9.80. The van der Waals surface area contributed by atoms with Crippen molar-refractivity contribution in [3.63, 3.8) is 0 Å². The van der Waals surface area contributed by atoms with Crippen molar-refractivity contribution in [3.05, 3.63) is 71.8 Å². The number of benzene rings is 2. The van der Waals surface area contributed by atoms with Gasteiger partial charge in [0.1, 0.15) is 5.60 Å². The fourth-order valence-electron chi connectivity index (χ4n) is 2.79. The highest BCUT2D eigenvalue weighted by atomic mass is 35.5. The maximum atomic E-state index is 11.5. The molecule has 2 aromatic carbocycles. The summed E-state index contributed by atoms with van der Waals surface area (Å²) in [5.74, 6) is 2.02. The molecule has 1 atom stereocenters. The third kappa shape index (κ3) is 3.27. The molecule has 1 saturated heterocycles. The maximum absolute atomic E-state index is 11.5. The molecule has 21 heavy (non-hydrogen) atoms. The van der Waals surface area contributed by atoms with E-state index in [4.69, 9.17) is 0 Å². The zero-order valence-electron chi connectivity index (χ0n) is 11.7. The van der Waals surface area contributed by atoms with E-state index in [0.717, 1.165) is 29.2 Å². The summed E-state index contributed by atoms with van der Waals surface area (Å²) in [4.78, 5) is 0. The Hall–Kier alpha value is -1.00. The van der Waals surface area contributed by atoms with Gasteiger partial charge in [-0.05, 0) is 11.1 Å². The molecule has 1 fully saturated rings. The molecule has 3 rings (SSSR count). The average molecular weight is 322 g/mol. The highest BCUT2D eigenvalue weighted by Gasteiger charge is 2.40. The van der Waals surface area contributed by atoms with Gasteiger partial charge in [-0.2, -0.15) is 11.8 Å². The van der Waals surface area contributed by atoms with E-state index in [1.807, 2.05) is 72.4 Å². The Morgan fingerprint density at radius 1 is 0.952 bits per heavy atom. The fourth-order valence-corrected chi connectivity index (χ4v) is 3.81. The predicted octanol–water partition coefficient (Wildman–Crippen LogP) is 3.05. The average Bonchev–Trinajstić information content (AvgIpc) is 2.56. The number of thioether (sulfide) groups is 1. The van der Waals surface area contributed by atoms with Gasteiger partial charge in [0, 0.05) is 18.1 Å². The first-order valence-corrected chi connectivity index (χ1v) is 8.12. The molecule has 0 saturated carbocycles. The van der Waals surface area contributed by atoms with Gasteiger partial charge >= 0.3 is 0 Å². The van der Waals surface area contributed by atoms with E-state index < -0.39 is 5.60 Å². The van der Waals surface area contributed by atoms with Gasteiger partial charge in [-0.25, -0.2) is 0 Å². The molecular weight excluding hydrogens is 302 g/mol. The van der Waals surface area contributed by atoms with Gasteiger partial charge in [-0.15, -0.1) is 12.4 Å². The van der Waals surface area contributed by atoms with E-state index in [2.05, 4.69) is 5.32 Å². The number of aliphatic hydroxyl groups is 1. The molecule has 0 amide bonds. The molecule has 4 heteroatoms. The molecule has 0 aromatic heterocycles. The first kappa shape index (κ1) is 16.4. The molecular formula is C17H20ClNOS. The van der Waals surface area contributed by atoms with Crippen molar-refractivity contribution in [2.24, 2.45) is 0 Å². The second kappa shape index (κ2) is 7.32. The molecule has 0 aliphatic carbocycles. The van der Waals surface area contributed by atoms with Crippen LogP contribution in [0.25, 0.3) is 0 Å². The Kier molecular flexibility index (Phi) is 5.71. The van der Waals surface area contributed by atoms with Gasteiger partial charge in [-0.3, -0.25) is 0 Å². The van der Waals surface area contributed by atoms with Crippen LogP contribution in [0.15, 0.2) is 60.7 Å². The monoisotopic (exact) mass is 321 g/mol. The molecule has 0 spiro atoms. The second-order valence-electron chi connectivity index (χ2n) is 5.08. The summed E-state index contributed by atoms with van der Waals surface area (Å²) < 4.78 is 0. The van der Waals surface area contributed by atoms with Crippen LogP contribution in [0.5, 0.6) is 0 Å². The van der Waals surface area contributed by atoms with Crippen molar-refractivity contribution in [2.75, 3.05) is 18.1 Å². The van der Waals surface area contributed by atoms with Gasteiger partial charge in [-0.1, -0.05) is 60.7 Å². The summed E-state index contributed by atoms with van der Waals surface area (Å²) in [5.41, 5.74) is 0.924. The quantitative estimate of drug-likeness (QED) is 0.911. The van der Waals surface area contributed by atoms with Crippen LogP contribution in [0.2, 0.25) is 0 Å². The van der Waals surface area contributed by atoms with Crippen molar-refractivity contribution >= 4 is 24.2 Å². The topological polar surface area (TPSA) is 32.3 Å². The lowest BCUT2D eigenvalue weighted by molar-refractivity contribution is 0.0453. The molecule has 1 unspecified atom stereocenters. The predicted molar refractivity (Wildman–Crippen MR) is 92.2 cm³/mol. The number of halogens is 1. The molecule has 112 valence electrons. The minimum absolute atomic E-state index is 0. The maximum Gasteiger partial charge on any atom is 0.131 e. The van der Waals surface area contributed by atoms with Crippen LogP contribution >= 0.6 is 24.2 Å². The zero-order chi connectivity index (χ0) is 13.8. The fraction of sp³-hybridized carbons (Fsp3) is 0.294. The molecule has 2 aromatic rings. The molecule has 0 radical (unpaired) electrons. The minimum Gasteiger partial charge on any atom is -0.379 e. The van der Waals surface area contributed by atoms with E-state index >= 15 is 0 Å². The first-order chi connectivity index (χ1) is 9.82. The van der Waals surface area contributed by atoms with Crippen LogP contribution in [0.3, 0.4) is 0 Å². The summed E-state index contributed by atoms with van der Waals surface area (Å²) in [6, 6.07) is 20.0. The van der Waals surface area contributed by atoms with Crippen LogP contribution in [-0.2, 0) is 5.60 Å². The Morgan fingerprint density at radius 3 is 1.90 bits per heavy atom. The van der Waals surface area contributed by atoms with Gasteiger partial charge in [0.05, 0.1) is 6.04 Å². The summed E-state index contributed by atoms with van der Waals surface area (Å²) in [6.45, 7) is 0.942. The highest BCUT2D eigenvalue weighted by Crippen LogP contribution is 2.35. The van der Waals surface area contributed by atoms with E-state index in [1.54, 1.807) is 0 Å². The lowest BCUT2D eigenvalue weighted by Gasteiger charge is -2.39. The molecule has 1 aliphatic rings. The van der Waals surface area contributed by atoms with Gasteiger partial charge < -0.3 is 10.4 Å². The molecule has 2 nitrogen and oxygen atoms in total. The van der Waals surface area contributed by atoms with E-state index in [-0.39, 0.29) is 18.4 Å². The molecule has 2 N–H and O–H groups in total.